The molecule has 2 atom stereocenters. The van der Waals surface area contributed by atoms with Crippen molar-refractivity contribution in [2.24, 2.45) is 5.92 Å². The van der Waals surface area contributed by atoms with Crippen molar-refractivity contribution in [3.63, 3.8) is 0 Å². The highest BCUT2D eigenvalue weighted by Gasteiger charge is 2.35. The number of benzene rings is 3. The van der Waals surface area contributed by atoms with Gasteiger partial charge < -0.3 is 25.0 Å². The molecule has 3 amide bonds. The summed E-state index contributed by atoms with van der Waals surface area (Å²) in [7, 11) is 4.15. The number of rotatable bonds is 7. The lowest BCUT2D eigenvalue weighted by atomic mass is 9.89. The standard InChI is InChI=1S/C35H41N5O2/c1-38(2)23-25-20-28-12-6-9-15-33(28)40(24-25)34(41)32(21-29-22-36-31-14-8-7-13-30(29)31)37-35(42)39-18-16-27(17-19-39)26-10-4-3-5-11-26/h3-15,22,25,27,32,36H,16-21,23-24H2,1-2H3,(H,37,42)/t25-,32-/m1/s1. The molecule has 7 nitrogen and oxygen atoms in total. The predicted octanol–water partition coefficient (Wildman–Crippen LogP) is 5.44. The van der Waals surface area contributed by atoms with Crippen LogP contribution in [0.2, 0.25) is 0 Å². The number of hydrogen-bond acceptors (Lipinski definition) is 3. The Hall–Kier alpha value is -4.10. The second kappa shape index (κ2) is 12.4. The summed E-state index contributed by atoms with van der Waals surface area (Å²) in [6.45, 7) is 2.89. The van der Waals surface area contributed by atoms with Crippen LogP contribution in [-0.2, 0) is 17.6 Å². The number of para-hydroxylation sites is 2. The molecule has 42 heavy (non-hydrogen) atoms. The number of aromatic amines is 1. The minimum atomic E-state index is -0.685. The van der Waals surface area contributed by atoms with Gasteiger partial charge in [0.2, 0.25) is 5.91 Å². The van der Waals surface area contributed by atoms with Crippen molar-refractivity contribution in [2.45, 2.75) is 37.6 Å². The molecule has 0 aliphatic carbocycles. The molecule has 0 spiro atoms. The summed E-state index contributed by atoms with van der Waals surface area (Å²) >= 11 is 0. The number of fused-ring (bicyclic) bond motifs is 2. The molecule has 2 aliphatic heterocycles. The number of carbonyl (C=O) groups excluding carboxylic acids is 2. The van der Waals surface area contributed by atoms with Gasteiger partial charge in [-0.1, -0.05) is 66.7 Å². The lowest BCUT2D eigenvalue weighted by Crippen LogP contribution is -2.56. The zero-order valence-electron chi connectivity index (χ0n) is 24.6. The molecule has 0 unspecified atom stereocenters. The van der Waals surface area contributed by atoms with E-state index in [1.54, 1.807) is 0 Å². The summed E-state index contributed by atoms with van der Waals surface area (Å²) in [5, 5.41) is 4.28. The van der Waals surface area contributed by atoms with Gasteiger partial charge in [-0.25, -0.2) is 4.79 Å². The van der Waals surface area contributed by atoms with Crippen molar-refractivity contribution in [1.29, 1.82) is 0 Å². The topological polar surface area (TPSA) is 71.7 Å². The van der Waals surface area contributed by atoms with E-state index in [2.05, 4.69) is 65.7 Å². The Morgan fingerprint density at radius 3 is 2.45 bits per heavy atom. The molecule has 1 fully saturated rings. The van der Waals surface area contributed by atoms with E-state index in [0.29, 0.717) is 37.9 Å². The van der Waals surface area contributed by atoms with E-state index in [1.165, 1.54) is 11.1 Å². The molecule has 4 aromatic rings. The van der Waals surface area contributed by atoms with Crippen molar-refractivity contribution in [1.82, 2.24) is 20.1 Å². The lowest BCUT2D eigenvalue weighted by molar-refractivity contribution is -0.120. The first-order valence-corrected chi connectivity index (χ1v) is 15.2. The number of piperidine rings is 1. The van der Waals surface area contributed by atoms with E-state index in [-0.39, 0.29) is 11.9 Å². The molecular weight excluding hydrogens is 522 g/mol. The highest BCUT2D eigenvalue weighted by atomic mass is 16.2. The minimum absolute atomic E-state index is 0.0521. The number of carbonyl (C=O) groups is 2. The molecule has 0 bridgehead atoms. The summed E-state index contributed by atoms with van der Waals surface area (Å²) in [5.41, 5.74) is 5.54. The molecule has 218 valence electrons. The molecular formula is C35H41N5O2. The third-order valence-corrected chi connectivity index (χ3v) is 8.87. The monoisotopic (exact) mass is 563 g/mol. The largest absolute Gasteiger partial charge is 0.361 e. The van der Waals surface area contributed by atoms with E-state index in [0.717, 1.165) is 48.0 Å². The zero-order chi connectivity index (χ0) is 29.1. The quantitative estimate of drug-likeness (QED) is 0.315. The van der Waals surface area contributed by atoms with Crippen molar-refractivity contribution in [3.05, 3.63) is 102 Å². The number of urea groups is 1. The lowest BCUT2D eigenvalue weighted by Gasteiger charge is -2.38. The molecule has 1 aromatic heterocycles. The SMILES string of the molecule is CN(C)C[C@H]1Cc2ccccc2N(C(=O)[C@@H](Cc2c[nH]c3ccccc23)NC(=O)N2CCC(c3ccccc3)CC2)C1. The Labute approximate surface area is 248 Å². The van der Waals surface area contributed by atoms with Gasteiger partial charge in [0, 0.05) is 55.4 Å². The van der Waals surface area contributed by atoms with Crippen molar-refractivity contribution >= 4 is 28.5 Å². The maximum absolute atomic E-state index is 14.5. The number of aromatic nitrogens is 1. The van der Waals surface area contributed by atoms with Gasteiger partial charge >= 0.3 is 6.03 Å². The number of nitrogens with zero attached hydrogens (tertiary/aromatic N) is 3. The third kappa shape index (κ3) is 6.07. The number of likely N-dealkylation sites (tertiary alicyclic amines) is 1. The number of hydrogen-bond donors (Lipinski definition) is 2. The van der Waals surface area contributed by atoms with Crippen LogP contribution in [0.25, 0.3) is 10.9 Å². The van der Waals surface area contributed by atoms with Gasteiger partial charge in [-0.2, -0.15) is 0 Å². The fourth-order valence-electron chi connectivity index (χ4n) is 6.82. The van der Waals surface area contributed by atoms with Gasteiger partial charge in [-0.3, -0.25) is 4.79 Å². The van der Waals surface area contributed by atoms with E-state index in [1.807, 2.05) is 58.5 Å². The second-order valence-electron chi connectivity index (χ2n) is 12.1. The van der Waals surface area contributed by atoms with Gasteiger partial charge in [0.1, 0.15) is 6.04 Å². The summed E-state index contributed by atoms with van der Waals surface area (Å²) in [4.78, 5) is 37.5. The van der Waals surface area contributed by atoms with Crippen LogP contribution in [0.5, 0.6) is 0 Å². The van der Waals surface area contributed by atoms with Gasteiger partial charge in [0.25, 0.3) is 0 Å². The number of anilines is 1. The normalized spacial score (nSPS) is 18.2. The van der Waals surface area contributed by atoms with Crippen molar-refractivity contribution in [3.8, 4) is 0 Å². The Morgan fingerprint density at radius 1 is 0.952 bits per heavy atom. The van der Waals surface area contributed by atoms with Gasteiger partial charge in [0.15, 0.2) is 0 Å². The Morgan fingerprint density at radius 2 is 1.67 bits per heavy atom. The van der Waals surface area contributed by atoms with E-state index in [9.17, 15) is 9.59 Å². The van der Waals surface area contributed by atoms with E-state index >= 15 is 0 Å². The highest BCUT2D eigenvalue weighted by Crippen LogP contribution is 2.32. The summed E-state index contributed by atoms with van der Waals surface area (Å²) < 4.78 is 0. The first kappa shape index (κ1) is 28.0. The average Bonchev–Trinajstić information content (AvgIpc) is 3.43. The number of H-pyrrole nitrogens is 1. The van der Waals surface area contributed by atoms with Crippen LogP contribution in [-0.4, -0.2) is 73.0 Å². The third-order valence-electron chi connectivity index (χ3n) is 8.87. The van der Waals surface area contributed by atoms with Crippen LogP contribution in [0.15, 0.2) is 85.1 Å². The van der Waals surface area contributed by atoms with Crippen LogP contribution in [0.3, 0.4) is 0 Å². The van der Waals surface area contributed by atoms with E-state index in [4.69, 9.17) is 0 Å². The van der Waals surface area contributed by atoms with Gasteiger partial charge in [-0.05, 0) is 74.0 Å². The minimum Gasteiger partial charge on any atom is -0.361 e. The predicted molar refractivity (Wildman–Crippen MR) is 169 cm³/mol. The van der Waals surface area contributed by atoms with Crippen LogP contribution in [0.1, 0.15) is 35.4 Å². The smallest absolute Gasteiger partial charge is 0.318 e. The van der Waals surface area contributed by atoms with Crippen LogP contribution in [0, 0.1) is 5.92 Å². The summed E-state index contributed by atoms with van der Waals surface area (Å²) in [6, 6.07) is 26.0. The van der Waals surface area contributed by atoms with Gasteiger partial charge in [0.05, 0.1) is 0 Å². The fourth-order valence-corrected chi connectivity index (χ4v) is 6.82. The van der Waals surface area contributed by atoms with Gasteiger partial charge in [-0.15, -0.1) is 0 Å². The Balaban J connectivity index is 1.24. The molecule has 3 heterocycles. The van der Waals surface area contributed by atoms with Crippen molar-refractivity contribution in [2.75, 3.05) is 45.2 Å². The Kier molecular flexibility index (Phi) is 8.29. The molecule has 3 aromatic carbocycles. The summed E-state index contributed by atoms with van der Waals surface area (Å²) in [6.07, 6.45) is 5.18. The number of amides is 3. The zero-order valence-corrected chi connectivity index (χ0v) is 24.6. The first-order valence-electron chi connectivity index (χ1n) is 15.2. The van der Waals surface area contributed by atoms with Crippen LogP contribution >= 0.6 is 0 Å². The van der Waals surface area contributed by atoms with E-state index < -0.39 is 6.04 Å². The summed E-state index contributed by atoms with van der Waals surface area (Å²) in [5.74, 6) is 0.724. The molecule has 6 rings (SSSR count). The second-order valence-corrected chi connectivity index (χ2v) is 12.1. The van der Waals surface area contributed by atoms with Crippen molar-refractivity contribution < 1.29 is 9.59 Å². The first-order chi connectivity index (χ1) is 20.5. The molecule has 2 aliphatic rings. The molecule has 0 saturated carbocycles. The maximum Gasteiger partial charge on any atom is 0.318 e. The molecule has 1 saturated heterocycles. The average molecular weight is 564 g/mol. The molecule has 7 heteroatoms. The number of nitrogens with one attached hydrogen (secondary N) is 2. The molecule has 2 N–H and O–H groups in total. The highest BCUT2D eigenvalue weighted by molar-refractivity contribution is 6.00. The Bertz CT molecular complexity index is 1520. The fraction of sp³-hybridized carbons (Fsp3) is 0.371. The van der Waals surface area contributed by atoms with Crippen LogP contribution in [0.4, 0.5) is 10.5 Å². The van der Waals surface area contributed by atoms with Crippen LogP contribution < -0.4 is 10.2 Å². The molecule has 0 radical (unpaired) electrons. The maximum atomic E-state index is 14.5.